The molecular weight excluding hydrogens is 332 g/mol. The van der Waals surface area contributed by atoms with Gasteiger partial charge in [-0.1, -0.05) is 0 Å². The topological polar surface area (TPSA) is 97.7 Å². The molecule has 26 heavy (non-hydrogen) atoms. The number of methoxy groups -OCH3 is 1. The number of hydrogen-bond donors (Lipinski definition) is 2. The van der Waals surface area contributed by atoms with Crippen LogP contribution in [0.4, 0.5) is 0 Å². The van der Waals surface area contributed by atoms with Crippen molar-refractivity contribution >= 4 is 16.8 Å². The van der Waals surface area contributed by atoms with Crippen LogP contribution in [0.15, 0.2) is 24.5 Å². The first-order chi connectivity index (χ1) is 12.7. The molecule has 0 saturated carbocycles. The Labute approximate surface area is 150 Å². The third-order valence-corrected chi connectivity index (χ3v) is 4.93. The fourth-order valence-electron chi connectivity index (χ4n) is 3.66. The maximum Gasteiger partial charge on any atom is 0.220 e. The second-order valence-electron chi connectivity index (χ2n) is 6.62. The zero-order valence-electron chi connectivity index (χ0n) is 14.7. The van der Waals surface area contributed by atoms with E-state index in [4.69, 9.17) is 4.74 Å². The molecule has 0 spiro atoms. The second-order valence-corrected chi connectivity index (χ2v) is 6.62. The van der Waals surface area contributed by atoms with E-state index in [-0.39, 0.29) is 11.9 Å². The zero-order valence-corrected chi connectivity index (χ0v) is 14.7. The van der Waals surface area contributed by atoms with E-state index in [1.54, 1.807) is 18.1 Å². The maximum absolute atomic E-state index is 12.4. The highest BCUT2D eigenvalue weighted by Crippen LogP contribution is 2.36. The van der Waals surface area contributed by atoms with E-state index in [1.165, 1.54) is 10.9 Å². The Morgan fingerprint density at radius 3 is 3.19 bits per heavy atom. The van der Waals surface area contributed by atoms with E-state index < -0.39 is 0 Å². The third-order valence-electron chi connectivity index (χ3n) is 4.93. The van der Waals surface area contributed by atoms with Gasteiger partial charge in [-0.15, -0.1) is 5.10 Å². The summed E-state index contributed by atoms with van der Waals surface area (Å²) in [6.45, 7) is 0.641. The van der Waals surface area contributed by atoms with Crippen LogP contribution in [-0.2, 0) is 17.8 Å². The van der Waals surface area contributed by atoms with E-state index in [0.29, 0.717) is 19.4 Å². The van der Waals surface area contributed by atoms with Gasteiger partial charge in [-0.2, -0.15) is 0 Å². The summed E-state index contributed by atoms with van der Waals surface area (Å²) < 4.78 is 6.99. The molecule has 2 heterocycles. The standard InChI is InChI=1S/C18H22N6O2/c1-26-12-7-8-15-14(10-12)13-4-2-5-16(18(13)21-15)20-17(25)6-3-9-24-11-19-22-23-24/h7-8,10-11,16,21H,2-6,9H2,1H3,(H,20,25)/t16-/m0/s1. The number of carbonyl (C=O) groups excluding carboxylic acids is 1. The number of aryl methyl sites for hydroxylation is 2. The van der Waals surface area contributed by atoms with Gasteiger partial charge in [0.15, 0.2) is 0 Å². The lowest BCUT2D eigenvalue weighted by Crippen LogP contribution is -2.31. The van der Waals surface area contributed by atoms with Crippen molar-refractivity contribution in [3.8, 4) is 5.75 Å². The number of nitrogens with one attached hydrogen (secondary N) is 2. The molecule has 0 bridgehead atoms. The number of ether oxygens (including phenoxy) is 1. The number of fused-ring (bicyclic) bond motifs is 3. The smallest absolute Gasteiger partial charge is 0.220 e. The number of H-pyrrole nitrogens is 1. The van der Waals surface area contributed by atoms with Gasteiger partial charge >= 0.3 is 0 Å². The molecule has 2 aromatic heterocycles. The minimum Gasteiger partial charge on any atom is -0.497 e. The van der Waals surface area contributed by atoms with Crippen molar-refractivity contribution < 1.29 is 9.53 Å². The molecule has 1 aliphatic carbocycles. The molecule has 1 aromatic carbocycles. The summed E-state index contributed by atoms with van der Waals surface area (Å²) in [5.41, 5.74) is 3.52. The summed E-state index contributed by atoms with van der Waals surface area (Å²) >= 11 is 0. The van der Waals surface area contributed by atoms with Crippen LogP contribution in [0.5, 0.6) is 5.75 Å². The summed E-state index contributed by atoms with van der Waals surface area (Å²) in [7, 11) is 1.68. The van der Waals surface area contributed by atoms with Crippen LogP contribution in [0.1, 0.15) is 43.0 Å². The van der Waals surface area contributed by atoms with Gasteiger partial charge in [-0.3, -0.25) is 4.79 Å². The number of tetrazole rings is 1. The molecule has 1 amide bonds. The number of benzene rings is 1. The largest absolute Gasteiger partial charge is 0.497 e. The molecule has 0 radical (unpaired) electrons. The lowest BCUT2D eigenvalue weighted by atomic mass is 9.91. The highest BCUT2D eigenvalue weighted by Gasteiger charge is 2.25. The van der Waals surface area contributed by atoms with Crippen molar-refractivity contribution in [3.63, 3.8) is 0 Å². The average Bonchev–Trinajstić information content (AvgIpc) is 3.29. The number of hydrogen-bond acceptors (Lipinski definition) is 5. The summed E-state index contributed by atoms with van der Waals surface area (Å²) in [5.74, 6) is 0.917. The Hall–Kier alpha value is -2.90. The first-order valence-electron chi connectivity index (χ1n) is 8.93. The van der Waals surface area contributed by atoms with Crippen LogP contribution in [0.3, 0.4) is 0 Å². The molecule has 2 N–H and O–H groups in total. The van der Waals surface area contributed by atoms with Crippen molar-refractivity contribution in [2.45, 2.75) is 44.7 Å². The normalized spacial score (nSPS) is 16.4. The predicted molar refractivity (Wildman–Crippen MR) is 95.7 cm³/mol. The summed E-state index contributed by atoms with van der Waals surface area (Å²) in [6, 6.07) is 6.10. The molecule has 0 fully saturated rings. The van der Waals surface area contributed by atoms with Crippen LogP contribution in [0.25, 0.3) is 10.9 Å². The predicted octanol–water partition coefficient (Wildman–Crippen LogP) is 2.14. The number of amides is 1. The third kappa shape index (κ3) is 3.26. The molecule has 0 aliphatic heterocycles. The highest BCUT2D eigenvalue weighted by atomic mass is 16.5. The van der Waals surface area contributed by atoms with Gasteiger partial charge in [0.1, 0.15) is 12.1 Å². The first kappa shape index (κ1) is 16.6. The van der Waals surface area contributed by atoms with Crippen molar-refractivity contribution in [3.05, 3.63) is 35.8 Å². The Balaban J connectivity index is 1.44. The molecule has 8 heteroatoms. The van der Waals surface area contributed by atoms with Gasteiger partial charge in [-0.25, -0.2) is 4.68 Å². The molecule has 136 valence electrons. The lowest BCUT2D eigenvalue weighted by molar-refractivity contribution is -0.122. The van der Waals surface area contributed by atoms with Crippen LogP contribution >= 0.6 is 0 Å². The van der Waals surface area contributed by atoms with Crippen molar-refractivity contribution in [1.29, 1.82) is 0 Å². The Morgan fingerprint density at radius 1 is 1.46 bits per heavy atom. The Morgan fingerprint density at radius 2 is 2.38 bits per heavy atom. The summed E-state index contributed by atoms with van der Waals surface area (Å²) in [6.07, 6.45) is 5.76. The van der Waals surface area contributed by atoms with E-state index in [2.05, 4.69) is 31.9 Å². The van der Waals surface area contributed by atoms with Crippen molar-refractivity contribution in [1.82, 2.24) is 30.5 Å². The molecule has 0 unspecified atom stereocenters. The van der Waals surface area contributed by atoms with E-state index >= 15 is 0 Å². The van der Waals surface area contributed by atoms with Gasteiger partial charge in [0.2, 0.25) is 5.91 Å². The van der Waals surface area contributed by atoms with E-state index in [9.17, 15) is 4.79 Å². The minimum atomic E-state index is 0.0395. The fourth-order valence-corrected chi connectivity index (χ4v) is 3.66. The summed E-state index contributed by atoms with van der Waals surface area (Å²) in [5, 5.41) is 15.4. The Kier molecular flexibility index (Phi) is 4.55. The minimum absolute atomic E-state index is 0.0395. The lowest BCUT2D eigenvalue weighted by Gasteiger charge is -2.24. The SMILES string of the molecule is COc1ccc2[nH]c3c(c2c1)CCC[C@@H]3NC(=O)CCCn1cnnn1. The summed E-state index contributed by atoms with van der Waals surface area (Å²) in [4.78, 5) is 15.9. The van der Waals surface area contributed by atoms with Crippen LogP contribution < -0.4 is 10.1 Å². The zero-order chi connectivity index (χ0) is 17.9. The molecule has 8 nitrogen and oxygen atoms in total. The number of carbonyl (C=O) groups is 1. The molecule has 0 saturated heterocycles. The van der Waals surface area contributed by atoms with Crippen LogP contribution in [0, 0.1) is 0 Å². The van der Waals surface area contributed by atoms with Gasteiger partial charge in [-0.05, 0) is 59.9 Å². The van der Waals surface area contributed by atoms with E-state index in [0.717, 1.165) is 36.2 Å². The van der Waals surface area contributed by atoms with Crippen molar-refractivity contribution in [2.75, 3.05) is 7.11 Å². The quantitative estimate of drug-likeness (QED) is 0.707. The number of nitrogens with zero attached hydrogens (tertiary/aromatic N) is 4. The highest BCUT2D eigenvalue weighted by molar-refractivity contribution is 5.87. The monoisotopic (exact) mass is 354 g/mol. The number of aromatic amines is 1. The number of rotatable bonds is 6. The second kappa shape index (κ2) is 7.15. The van der Waals surface area contributed by atoms with Gasteiger partial charge in [0, 0.05) is 29.6 Å². The first-order valence-corrected chi connectivity index (χ1v) is 8.93. The van der Waals surface area contributed by atoms with Crippen LogP contribution in [0.2, 0.25) is 0 Å². The van der Waals surface area contributed by atoms with Gasteiger partial charge in [0.05, 0.1) is 13.2 Å². The maximum atomic E-state index is 12.4. The molecule has 1 atom stereocenters. The molecule has 3 aromatic rings. The van der Waals surface area contributed by atoms with Gasteiger partial charge in [0.25, 0.3) is 0 Å². The number of aromatic nitrogens is 5. The Bertz CT molecular complexity index is 902. The van der Waals surface area contributed by atoms with Crippen molar-refractivity contribution in [2.24, 2.45) is 0 Å². The van der Waals surface area contributed by atoms with Crippen LogP contribution in [-0.4, -0.2) is 38.2 Å². The fraction of sp³-hybridized carbons (Fsp3) is 0.444. The van der Waals surface area contributed by atoms with Gasteiger partial charge < -0.3 is 15.0 Å². The molecule has 1 aliphatic rings. The molecular formula is C18H22N6O2. The average molecular weight is 354 g/mol. The van der Waals surface area contributed by atoms with E-state index in [1.807, 2.05) is 12.1 Å². The molecule has 4 rings (SSSR count).